The fourth-order valence-corrected chi connectivity index (χ4v) is 5.51. The Hall–Kier alpha value is 0.309. The number of rotatable bonds is 2. The van der Waals surface area contributed by atoms with Crippen molar-refractivity contribution >= 4 is 30.0 Å². The van der Waals surface area contributed by atoms with Crippen molar-refractivity contribution < 1.29 is 0 Å². The van der Waals surface area contributed by atoms with Crippen molar-refractivity contribution in [1.29, 1.82) is 0 Å². The van der Waals surface area contributed by atoms with Crippen LogP contribution in [-0.4, -0.2) is 18.4 Å². The molecule has 0 radical (unpaired) electrons. The predicted octanol–water partition coefficient (Wildman–Crippen LogP) is 3.76. The molecule has 0 atom stereocenters. The van der Waals surface area contributed by atoms with E-state index >= 15 is 0 Å². The summed E-state index contributed by atoms with van der Waals surface area (Å²) in [6.07, 6.45) is 0. The van der Waals surface area contributed by atoms with E-state index in [2.05, 4.69) is 27.0 Å². The van der Waals surface area contributed by atoms with Crippen molar-refractivity contribution in [1.82, 2.24) is 0 Å². The monoisotopic (exact) mass is 290 g/mol. The Morgan fingerprint density at radius 1 is 1.08 bits per heavy atom. The molecule has 0 bridgehead atoms. The fraction of sp³-hybridized carbons (Fsp3) is 0.400. The van der Waals surface area contributed by atoms with E-state index < -0.39 is 18.4 Å². The van der Waals surface area contributed by atoms with Gasteiger partial charge < -0.3 is 0 Å². The van der Waals surface area contributed by atoms with Gasteiger partial charge >= 0.3 is 84.1 Å². The third-order valence-corrected chi connectivity index (χ3v) is 6.09. The molecular formula is C10H15ClSn. The molecule has 0 nitrogen and oxygen atoms in total. The number of hydrogen-bond acceptors (Lipinski definition) is 0. The fourth-order valence-electron chi connectivity index (χ4n) is 1.21. The van der Waals surface area contributed by atoms with Crippen LogP contribution in [0.1, 0.15) is 5.56 Å². The molecule has 0 aliphatic carbocycles. The third kappa shape index (κ3) is 3.81. The van der Waals surface area contributed by atoms with Crippen LogP contribution in [0.25, 0.3) is 0 Å². The first-order chi connectivity index (χ1) is 5.47. The molecule has 2 heteroatoms. The van der Waals surface area contributed by atoms with Crippen LogP contribution in [0, 0.1) is 0 Å². The zero-order valence-electron chi connectivity index (χ0n) is 7.89. The molecule has 66 valence electrons. The van der Waals surface area contributed by atoms with Gasteiger partial charge in [-0.3, -0.25) is 0 Å². The Morgan fingerprint density at radius 2 is 1.58 bits per heavy atom. The van der Waals surface area contributed by atoms with Gasteiger partial charge in [-0.1, -0.05) is 0 Å². The molecule has 0 saturated heterocycles. The van der Waals surface area contributed by atoms with Gasteiger partial charge in [-0.25, -0.2) is 0 Å². The summed E-state index contributed by atoms with van der Waals surface area (Å²) in [5, 5.41) is 0.836. The van der Waals surface area contributed by atoms with Crippen LogP contribution in [0.5, 0.6) is 0 Å². The van der Waals surface area contributed by atoms with Gasteiger partial charge in [0, 0.05) is 0 Å². The summed E-state index contributed by atoms with van der Waals surface area (Å²) >= 11 is 4.17. The van der Waals surface area contributed by atoms with E-state index in [4.69, 9.17) is 11.6 Å². The standard InChI is InChI=1S/C7H6Cl.3CH3.Sn/c1-6-2-4-7(8)5-3-6;;;;/h2-5H,1H2;3*1H3;. The number of halogens is 1. The molecule has 0 amide bonds. The van der Waals surface area contributed by atoms with E-state index in [-0.39, 0.29) is 0 Å². The minimum absolute atomic E-state index is 0.836. The molecule has 12 heavy (non-hydrogen) atoms. The summed E-state index contributed by atoms with van der Waals surface area (Å²) in [4.78, 5) is 7.34. The molecular weight excluding hydrogens is 274 g/mol. The van der Waals surface area contributed by atoms with Crippen LogP contribution in [0.15, 0.2) is 24.3 Å². The maximum atomic E-state index is 5.80. The van der Waals surface area contributed by atoms with Crippen molar-refractivity contribution in [3.8, 4) is 0 Å². The molecule has 0 aliphatic heterocycles. The van der Waals surface area contributed by atoms with E-state index in [1.54, 1.807) is 0 Å². The Bertz CT molecular complexity index is 246. The Morgan fingerprint density at radius 3 is 2.00 bits per heavy atom. The van der Waals surface area contributed by atoms with Gasteiger partial charge in [-0.05, 0) is 0 Å². The number of hydrogen-bond donors (Lipinski definition) is 0. The molecule has 0 spiro atoms. The van der Waals surface area contributed by atoms with Gasteiger partial charge in [0.25, 0.3) is 0 Å². The van der Waals surface area contributed by atoms with Gasteiger partial charge in [-0.2, -0.15) is 0 Å². The normalized spacial score (nSPS) is 11.7. The van der Waals surface area contributed by atoms with Crippen molar-refractivity contribution in [3.05, 3.63) is 34.9 Å². The second-order valence-electron chi connectivity index (χ2n) is 4.36. The summed E-state index contributed by atoms with van der Waals surface area (Å²) in [6.45, 7) is 0. The quantitative estimate of drug-likeness (QED) is 0.727. The molecule has 1 rings (SSSR count). The molecule has 0 aliphatic rings. The van der Waals surface area contributed by atoms with Crippen molar-refractivity contribution in [2.75, 3.05) is 0 Å². The van der Waals surface area contributed by atoms with Crippen LogP contribution in [0.2, 0.25) is 19.8 Å². The van der Waals surface area contributed by atoms with Crippen molar-refractivity contribution in [3.63, 3.8) is 0 Å². The van der Waals surface area contributed by atoms with E-state index in [0.717, 1.165) is 5.02 Å². The molecule has 0 saturated carbocycles. The Kier molecular flexibility index (Phi) is 3.47. The zero-order valence-corrected chi connectivity index (χ0v) is 11.5. The second-order valence-corrected chi connectivity index (χ2v) is 20.4. The first-order valence-electron chi connectivity index (χ1n) is 4.22. The SMILES string of the molecule is [CH3][Sn]([CH3])([CH3])[CH2]c1ccc(Cl)cc1. The van der Waals surface area contributed by atoms with Gasteiger partial charge in [0.05, 0.1) is 0 Å². The van der Waals surface area contributed by atoms with Crippen LogP contribution < -0.4 is 0 Å². The molecule has 1 aromatic carbocycles. The van der Waals surface area contributed by atoms with Crippen LogP contribution in [0.4, 0.5) is 0 Å². The summed E-state index contributed by atoms with van der Waals surface area (Å²) < 4.78 is 1.31. The zero-order chi connectivity index (χ0) is 9.19. The summed E-state index contributed by atoms with van der Waals surface area (Å²) in [5.74, 6) is 0. The molecule has 1 aromatic rings. The van der Waals surface area contributed by atoms with E-state index in [1.807, 2.05) is 12.1 Å². The average Bonchev–Trinajstić information content (AvgIpc) is 1.91. The number of benzene rings is 1. The first-order valence-corrected chi connectivity index (χ1v) is 15.2. The van der Waals surface area contributed by atoms with Crippen LogP contribution >= 0.6 is 11.6 Å². The minimum atomic E-state index is -1.63. The topological polar surface area (TPSA) is 0 Å². The third-order valence-electron chi connectivity index (χ3n) is 1.65. The molecule has 0 heterocycles. The Balaban J connectivity index is 2.71. The summed E-state index contributed by atoms with van der Waals surface area (Å²) in [6, 6.07) is 8.25. The first kappa shape index (κ1) is 10.4. The molecule has 0 fully saturated rings. The molecule has 0 aromatic heterocycles. The van der Waals surface area contributed by atoms with Gasteiger partial charge in [-0.15, -0.1) is 0 Å². The summed E-state index contributed by atoms with van der Waals surface area (Å²) in [7, 11) is 0. The van der Waals surface area contributed by atoms with E-state index in [9.17, 15) is 0 Å². The van der Waals surface area contributed by atoms with Crippen LogP contribution in [0.3, 0.4) is 0 Å². The van der Waals surface area contributed by atoms with Gasteiger partial charge in [0.15, 0.2) is 0 Å². The summed E-state index contributed by atoms with van der Waals surface area (Å²) in [5.41, 5.74) is 1.45. The maximum absolute atomic E-state index is 5.80. The van der Waals surface area contributed by atoms with Gasteiger partial charge in [0.2, 0.25) is 0 Å². The van der Waals surface area contributed by atoms with Crippen molar-refractivity contribution in [2.45, 2.75) is 19.3 Å². The average molecular weight is 289 g/mol. The molecule has 0 N–H and O–H groups in total. The van der Waals surface area contributed by atoms with E-state index in [0.29, 0.717) is 0 Å². The van der Waals surface area contributed by atoms with E-state index in [1.165, 1.54) is 10.0 Å². The predicted molar refractivity (Wildman–Crippen MR) is 58.5 cm³/mol. The molecule has 0 unspecified atom stereocenters. The van der Waals surface area contributed by atoms with Gasteiger partial charge in [0.1, 0.15) is 0 Å². The van der Waals surface area contributed by atoms with Crippen LogP contribution in [-0.2, 0) is 4.44 Å². The Labute approximate surface area is 83.8 Å². The van der Waals surface area contributed by atoms with Crippen molar-refractivity contribution in [2.24, 2.45) is 0 Å². The second kappa shape index (κ2) is 4.01.